The molecule has 1 unspecified atom stereocenters. The van der Waals surface area contributed by atoms with Crippen LogP contribution in [0.4, 0.5) is 0 Å². The molecule has 2 N–H and O–H groups in total. The lowest BCUT2D eigenvalue weighted by molar-refractivity contribution is -0.122. The van der Waals surface area contributed by atoms with Crippen molar-refractivity contribution >= 4 is 40.2 Å². The lowest BCUT2D eigenvalue weighted by Crippen LogP contribution is -2.10. The molecular weight excluding hydrogens is 382 g/mol. The predicted octanol–water partition coefficient (Wildman–Crippen LogP) is 5.13. The van der Waals surface area contributed by atoms with Crippen LogP contribution in [0.1, 0.15) is 17.2 Å². The number of hydrogen-bond donors (Lipinski definition) is 1. The van der Waals surface area contributed by atoms with Crippen LogP contribution in [-0.2, 0) is 19.5 Å². The van der Waals surface area contributed by atoms with E-state index in [-0.39, 0.29) is 17.4 Å². The molecule has 27 heavy (non-hydrogen) atoms. The first-order chi connectivity index (χ1) is 13.1. The first-order valence-corrected chi connectivity index (χ1v) is 9.64. The monoisotopic (exact) mass is 397 g/mol. The Bertz CT molecular complexity index is 1030. The van der Waals surface area contributed by atoms with E-state index in [0.717, 1.165) is 23.0 Å². The van der Waals surface area contributed by atoms with E-state index in [2.05, 4.69) is 24.3 Å². The maximum absolute atomic E-state index is 12.6. The molecule has 0 aromatic heterocycles. The van der Waals surface area contributed by atoms with Gasteiger partial charge in [-0.2, -0.15) is 0 Å². The Hall–Kier alpha value is -2.63. The fraction of sp³-hybridized carbons (Fsp3) is 0.0952. The number of Topliss-reactive ketones (excluding diaryl/α,β-unsaturated/α-hetero) is 1. The third-order valence-corrected chi connectivity index (χ3v) is 5.27. The van der Waals surface area contributed by atoms with E-state index in [4.69, 9.17) is 26.3 Å². The average Bonchev–Trinajstić information content (AvgIpc) is 2.97. The van der Waals surface area contributed by atoms with Crippen molar-refractivity contribution < 1.29 is 13.7 Å². The highest BCUT2D eigenvalue weighted by atomic mass is 35.5. The number of ether oxygens (including phenoxy) is 1. The molecule has 0 radical (unpaired) electrons. The zero-order chi connectivity index (χ0) is 18.8. The maximum Gasteiger partial charge on any atom is 0.249 e. The van der Waals surface area contributed by atoms with Crippen molar-refractivity contribution in [3.05, 3.63) is 94.5 Å². The van der Waals surface area contributed by atoms with Crippen molar-refractivity contribution in [1.82, 2.24) is 0 Å². The van der Waals surface area contributed by atoms with E-state index < -0.39 is 6.10 Å². The number of hydrogen-bond acceptors (Lipinski definition) is 5. The van der Waals surface area contributed by atoms with Gasteiger partial charge in [0, 0.05) is 10.6 Å². The van der Waals surface area contributed by atoms with Gasteiger partial charge in [0.1, 0.15) is 0 Å². The van der Waals surface area contributed by atoms with Gasteiger partial charge in [0.05, 0.1) is 17.8 Å². The highest BCUT2D eigenvalue weighted by Gasteiger charge is 2.37. The van der Waals surface area contributed by atoms with Crippen molar-refractivity contribution in [2.24, 2.45) is 5.73 Å². The number of halogens is 1. The maximum atomic E-state index is 12.6. The molecule has 1 atom stereocenters. The van der Waals surface area contributed by atoms with E-state index in [0.29, 0.717) is 16.3 Å². The van der Waals surface area contributed by atoms with Gasteiger partial charge in [0.15, 0.2) is 6.10 Å². The molecule has 0 saturated carbocycles. The van der Waals surface area contributed by atoms with E-state index >= 15 is 0 Å². The van der Waals surface area contributed by atoms with Crippen LogP contribution >= 0.6 is 23.6 Å². The minimum Gasteiger partial charge on any atom is -0.460 e. The van der Waals surface area contributed by atoms with Gasteiger partial charge < -0.3 is 14.7 Å². The number of nitrogens with two attached hydrogens (primary N) is 1. The summed E-state index contributed by atoms with van der Waals surface area (Å²) < 4.78 is 11.1. The number of fused-ring (bicyclic) bond motifs is 1. The second-order valence-electron chi connectivity index (χ2n) is 6.13. The van der Waals surface area contributed by atoms with Crippen molar-refractivity contribution in [2.75, 3.05) is 0 Å². The molecule has 0 saturated heterocycles. The molecule has 136 valence electrons. The standard InChI is InChI=1S/C21H16ClNO3S/c22-17-9-7-15(8-10-17)19-18(24)20(21(23)25-19)26-27-12-13-5-6-14-3-1-2-4-16(14)11-13/h1-11,19H,12,23H2. The number of carbonyl (C=O) groups is 1. The lowest BCUT2D eigenvalue weighted by atomic mass is 10.1. The number of rotatable bonds is 5. The number of carbonyl (C=O) groups excluding carboxylic acids is 1. The van der Waals surface area contributed by atoms with E-state index in [1.165, 1.54) is 5.39 Å². The Morgan fingerprint density at radius 1 is 1.04 bits per heavy atom. The fourth-order valence-electron chi connectivity index (χ4n) is 2.90. The quantitative estimate of drug-likeness (QED) is 0.605. The molecule has 3 aromatic carbocycles. The molecule has 0 amide bonds. The summed E-state index contributed by atoms with van der Waals surface area (Å²) in [5, 5.41) is 2.94. The largest absolute Gasteiger partial charge is 0.460 e. The Morgan fingerprint density at radius 3 is 2.56 bits per heavy atom. The van der Waals surface area contributed by atoms with Gasteiger partial charge in [-0.05, 0) is 28.5 Å². The van der Waals surface area contributed by atoms with Crippen LogP contribution < -0.4 is 5.73 Å². The molecule has 0 fully saturated rings. The Morgan fingerprint density at radius 2 is 1.78 bits per heavy atom. The predicted molar refractivity (Wildman–Crippen MR) is 108 cm³/mol. The van der Waals surface area contributed by atoms with Crippen molar-refractivity contribution in [3.63, 3.8) is 0 Å². The highest BCUT2D eigenvalue weighted by Crippen LogP contribution is 2.34. The van der Waals surface area contributed by atoms with Crippen LogP contribution in [0.2, 0.25) is 5.02 Å². The van der Waals surface area contributed by atoms with Crippen molar-refractivity contribution in [1.29, 1.82) is 0 Å². The van der Waals surface area contributed by atoms with Gasteiger partial charge in [0.25, 0.3) is 0 Å². The lowest BCUT2D eigenvalue weighted by Gasteiger charge is -2.09. The van der Waals surface area contributed by atoms with Crippen LogP contribution in [0.25, 0.3) is 10.8 Å². The van der Waals surface area contributed by atoms with Crippen LogP contribution in [0.3, 0.4) is 0 Å². The Kier molecular flexibility index (Phi) is 4.97. The molecule has 0 aliphatic carbocycles. The molecule has 1 aliphatic rings. The number of ketones is 1. The second kappa shape index (κ2) is 7.55. The first-order valence-electron chi connectivity index (χ1n) is 8.35. The third kappa shape index (κ3) is 3.75. The number of benzene rings is 3. The second-order valence-corrected chi connectivity index (χ2v) is 7.26. The molecule has 1 heterocycles. The van der Waals surface area contributed by atoms with Gasteiger partial charge >= 0.3 is 0 Å². The minimum absolute atomic E-state index is 0.00552. The summed E-state index contributed by atoms with van der Waals surface area (Å²) in [7, 11) is 0. The molecule has 1 aliphatic heterocycles. The van der Waals surface area contributed by atoms with Crippen molar-refractivity contribution in [2.45, 2.75) is 11.9 Å². The summed E-state index contributed by atoms with van der Waals surface area (Å²) in [6, 6.07) is 21.3. The van der Waals surface area contributed by atoms with E-state index in [9.17, 15) is 4.79 Å². The van der Waals surface area contributed by atoms with E-state index in [1.54, 1.807) is 24.3 Å². The Balaban J connectivity index is 1.40. The average molecular weight is 398 g/mol. The molecule has 0 spiro atoms. The zero-order valence-electron chi connectivity index (χ0n) is 14.2. The Labute approximate surface area is 166 Å². The summed E-state index contributed by atoms with van der Waals surface area (Å²) in [5.41, 5.74) is 7.63. The van der Waals surface area contributed by atoms with Crippen molar-refractivity contribution in [3.8, 4) is 0 Å². The summed E-state index contributed by atoms with van der Waals surface area (Å²) in [6.45, 7) is 0. The van der Waals surface area contributed by atoms with Gasteiger partial charge in [-0.25, -0.2) is 0 Å². The highest BCUT2D eigenvalue weighted by molar-refractivity contribution is 7.94. The van der Waals surface area contributed by atoms with Gasteiger partial charge in [-0.15, -0.1) is 0 Å². The SMILES string of the molecule is NC1=C(OSCc2ccc3ccccc3c2)C(=O)C(c2ccc(Cl)cc2)O1. The summed E-state index contributed by atoms with van der Waals surface area (Å²) in [4.78, 5) is 12.6. The summed E-state index contributed by atoms with van der Waals surface area (Å²) >= 11 is 7.05. The van der Waals surface area contributed by atoms with E-state index in [1.807, 2.05) is 18.2 Å². The molecule has 4 rings (SSSR count). The normalized spacial score (nSPS) is 16.6. The van der Waals surface area contributed by atoms with Crippen LogP contribution in [-0.4, -0.2) is 5.78 Å². The topological polar surface area (TPSA) is 61.5 Å². The van der Waals surface area contributed by atoms with Gasteiger partial charge in [-0.3, -0.25) is 4.79 Å². The first kappa shape index (κ1) is 17.8. The fourth-order valence-corrected chi connectivity index (χ4v) is 3.68. The summed E-state index contributed by atoms with van der Waals surface area (Å²) in [6.07, 6.45) is -0.793. The van der Waals surface area contributed by atoms with Crippen LogP contribution in [0, 0.1) is 0 Å². The molecular formula is C21H16ClNO3S. The molecule has 6 heteroatoms. The minimum atomic E-state index is -0.793. The smallest absolute Gasteiger partial charge is 0.249 e. The third-order valence-electron chi connectivity index (χ3n) is 4.29. The summed E-state index contributed by atoms with van der Waals surface area (Å²) in [5.74, 6) is 0.355. The van der Waals surface area contributed by atoms with Gasteiger partial charge in [-0.1, -0.05) is 66.2 Å². The van der Waals surface area contributed by atoms with Gasteiger partial charge in [0.2, 0.25) is 17.4 Å². The van der Waals surface area contributed by atoms with Crippen LogP contribution in [0.15, 0.2) is 78.4 Å². The zero-order valence-corrected chi connectivity index (χ0v) is 15.8. The molecule has 3 aromatic rings. The van der Waals surface area contributed by atoms with Crippen LogP contribution in [0.5, 0.6) is 0 Å². The molecule has 4 nitrogen and oxygen atoms in total. The molecule has 0 bridgehead atoms.